The van der Waals surface area contributed by atoms with Crippen LogP contribution in [0.15, 0.2) is 52.1 Å². The number of thiophene rings is 1. The zero-order valence-corrected chi connectivity index (χ0v) is 14.8. The maximum Gasteiger partial charge on any atom is 0.236 e. The standard InChI is InChI=1S/C16H14N2O2S3/c1-20-11-4-6-12(7-5-11)22-10-15(19)18-16-17-13(9-23-16)14-3-2-8-21-14/h2-9H,10H2,1H3,(H,17,18,19). The Morgan fingerprint density at radius 2 is 2.09 bits per heavy atom. The fraction of sp³-hybridized carbons (Fsp3) is 0.125. The largest absolute Gasteiger partial charge is 0.497 e. The van der Waals surface area contributed by atoms with Crippen LogP contribution in [0, 0.1) is 0 Å². The molecule has 0 aliphatic rings. The van der Waals surface area contributed by atoms with E-state index in [-0.39, 0.29) is 5.91 Å². The summed E-state index contributed by atoms with van der Waals surface area (Å²) in [5, 5.41) is 7.45. The number of methoxy groups -OCH3 is 1. The van der Waals surface area contributed by atoms with Gasteiger partial charge in [0, 0.05) is 10.3 Å². The molecule has 2 aromatic heterocycles. The quantitative estimate of drug-likeness (QED) is 0.651. The van der Waals surface area contributed by atoms with E-state index in [9.17, 15) is 4.79 Å². The molecule has 3 rings (SSSR count). The summed E-state index contributed by atoms with van der Waals surface area (Å²) in [6.45, 7) is 0. The number of hydrogen-bond acceptors (Lipinski definition) is 6. The van der Waals surface area contributed by atoms with E-state index in [1.807, 2.05) is 47.2 Å². The summed E-state index contributed by atoms with van der Waals surface area (Å²) in [6, 6.07) is 11.7. The monoisotopic (exact) mass is 362 g/mol. The maximum atomic E-state index is 12.0. The number of carbonyl (C=O) groups excluding carboxylic acids is 1. The number of thiazole rings is 1. The molecule has 1 N–H and O–H groups in total. The van der Waals surface area contributed by atoms with E-state index in [0.717, 1.165) is 21.2 Å². The fourth-order valence-corrected chi connectivity index (χ4v) is 4.03. The van der Waals surface area contributed by atoms with Crippen LogP contribution in [0.2, 0.25) is 0 Å². The Balaban J connectivity index is 1.53. The van der Waals surface area contributed by atoms with Gasteiger partial charge in [-0.2, -0.15) is 0 Å². The Labute approximate surface area is 146 Å². The molecule has 7 heteroatoms. The Bertz CT molecular complexity index is 767. The molecule has 1 aromatic carbocycles. The van der Waals surface area contributed by atoms with Crippen molar-refractivity contribution < 1.29 is 9.53 Å². The summed E-state index contributed by atoms with van der Waals surface area (Å²) >= 11 is 4.56. The summed E-state index contributed by atoms with van der Waals surface area (Å²) in [6.07, 6.45) is 0. The minimum Gasteiger partial charge on any atom is -0.497 e. The van der Waals surface area contributed by atoms with Gasteiger partial charge in [0.2, 0.25) is 5.91 Å². The first-order valence-electron chi connectivity index (χ1n) is 6.81. The zero-order chi connectivity index (χ0) is 16.1. The van der Waals surface area contributed by atoms with Crippen molar-refractivity contribution in [1.82, 2.24) is 4.98 Å². The SMILES string of the molecule is COc1ccc(SCC(=O)Nc2nc(-c3cccs3)cs2)cc1. The molecular weight excluding hydrogens is 348 g/mol. The second-order valence-electron chi connectivity index (χ2n) is 4.53. The topological polar surface area (TPSA) is 51.2 Å². The normalized spacial score (nSPS) is 10.5. The molecule has 0 atom stereocenters. The molecule has 0 saturated carbocycles. The molecule has 118 valence electrons. The van der Waals surface area contributed by atoms with Crippen LogP contribution in [0.4, 0.5) is 5.13 Å². The van der Waals surface area contributed by atoms with Crippen LogP contribution in [0.25, 0.3) is 10.6 Å². The van der Waals surface area contributed by atoms with E-state index in [1.54, 1.807) is 18.4 Å². The van der Waals surface area contributed by atoms with Crippen molar-refractivity contribution in [1.29, 1.82) is 0 Å². The molecule has 0 aliphatic heterocycles. The van der Waals surface area contributed by atoms with Gasteiger partial charge in [-0.1, -0.05) is 6.07 Å². The highest BCUT2D eigenvalue weighted by molar-refractivity contribution is 8.00. The molecule has 0 unspecified atom stereocenters. The molecule has 23 heavy (non-hydrogen) atoms. The molecular formula is C16H14N2O2S3. The third-order valence-corrected chi connectivity index (χ3v) is 5.62. The third-order valence-electron chi connectivity index (χ3n) is 2.95. The summed E-state index contributed by atoms with van der Waals surface area (Å²) in [7, 11) is 1.63. The number of carbonyl (C=O) groups is 1. The number of anilines is 1. The van der Waals surface area contributed by atoms with Gasteiger partial charge < -0.3 is 10.1 Å². The maximum absolute atomic E-state index is 12.0. The number of ether oxygens (including phenoxy) is 1. The van der Waals surface area contributed by atoms with Crippen LogP contribution in [0.1, 0.15) is 0 Å². The van der Waals surface area contributed by atoms with Crippen LogP contribution in [-0.4, -0.2) is 23.8 Å². The van der Waals surface area contributed by atoms with Crippen LogP contribution in [-0.2, 0) is 4.79 Å². The second kappa shape index (κ2) is 7.63. The Morgan fingerprint density at radius 1 is 1.26 bits per heavy atom. The molecule has 3 aromatic rings. The van der Waals surface area contributed by atoms with Crippen LogP contribution in [0.3, 0.4) is 0 Å². The molecule has 0 saturated heterocycles. The highest BCUT2D eigenvalue weighted by Crippen LogP contribution is 2.28. The van der Waals surface area contributed by atoms with E-state index in [2.05, 4.69) is 10.3 Å². The van der Waals surface area contributed by atoms with E-state index in [0.29, 0.717) is 10.9 Å². The summed E-state index contributed by atoms with van der Waals surface area (Å²) < 4.78 is 5.11. The Kier molecular flexibility index (Phi) is 5.32. The van der Waals surface area contributed by atoms with Crippen molar-refractivity contribution in [2.24, 2.45) is 0 Å². The van der Waals surface area contributed by atoms with Crippen molar-refractivity contribution in [2.45, 2.75) is 4.90 Å². The summed E-state index contributed by atoms with van der Waals surface area (Å²) in [5.41, 5.74) is 0.906. The van der Waals surface area contributed by atoms with Crippen LogP contribution >= 0.6 is 34.4 Å². The van der Waals surface area contributed by atoms with Gasteiger partial charge in [0.25, 0.3) is 0 Å². The number of aromatic nitrogens is 1. The van der Waals surface area contributed by atoms with Gasteiger partial charge in [-0.05, 0) is 35.7 Å². The average molecular weight is 363 g/mol. The lowest BCUT2D eigenvalue weighted by atomic mass is 10.3. The molecule has 0 aliphatic carbocycles. The van der Waals surface area contributed by atoms with Gasteiger partial charge in [0.05, 0.1) is 23.4 Å². The number of nitrogens with zero attached hydrogens (tertiary/aromatic N) is 1. The predicted octanol–water partition coefficient (Wildman–Crippen LogP) is 4.61. The van der Waals surface area contributed by atoms with Crippen molar-refractivity contribution >= 4 is 45.5 Å². The molecule has 0 fully saturated rings. The zero-order valence-electron chi connectivity index (χ0n) is 12.3. The van der Waals surface area contributed by atoms with Crippen molar-refractivity contribution in [3.05, 3.63) is 47.2 Å². The average Bonchev–Trinajstić information content (AvgIpc) is 3.24. The van der Waals surface area contributed by atoms with Gasteiger partial charge in [-0.15, -0.1) is 34.4 Å². The second-order valence-corrected chi connectivity index (χ2v) is 7.38. The molecule has 4 nitrogen and oxygen atoms in total. The molecule has 0 bridgehead atoms. The highest BCUT2D eigenvalue weighted by Gasteiger charge is 2.09. The van der Waals surface area contributed by atoms with Crippen molar-refractivity contribution in [3.8, 4) is 16.3 Å². The van der Waals surface area contributed by atoms with Crippen molar-refractivity contribution in [2.75, 3.05) is 18.2 Å². The first kappa shape index (κ1) is 16.0. The molecule has 1 amide bonds. The van der Waals surface area contributed by atoms with Gasteiger partial charge in [0.15, 0.2) is 5.13 Å². The van der Waals surface area contributed by atoms with Crippen LogP contribution < -0.4 is 10.1 Å². The molecule has 2 heterocycles. The number of amides is 1. The number of hydrogen-bond donors (Lipinski definition) is 1. The number of nitrogens with one attached hydrogen (secondary N) is 1. The van der Waals surface area contributed by atoms with E-state index >= 15 is 0 Å². The minimum atomic E-state index is -0.0575. The highest BCUT2D eigenvalue weighted by atomic mass is 32.2. The van der Waals surface area contributed by atoms with Gasteiger partial charge in [-0.25, -0.2) is 4.98 Å². The Morgan fingerprint density at radius 3 is 2.78 bits per heavy atom. The lowest BCUT2D eigenvalue weighted by Crippen LogP contribution is -2.13. The predicted molar refractivity (Wildman–Crippen MR) is 97.8 cm³/mol. The number of rotatable bonds is 6. The van der Waals surface area contributed by atoms with Gasteiger partial charge in [0.1, 0.15) is 5.75 Å². The fourth-order valence-electron chi connectivity index (χ4n) is 1.84. The number of benzene rings is 1. The molecule has 0 spiro atoms. The lowest BCUT2D eigenvalue weighted by molar-refractivity contribution is -0.113. The first-order valence-corrected chi connectivity index (χ1v) is 9.55. The Hall–Kier alpha value is -1.83. The van der Waals surface area contributed by atoms with Crippen LogP contribution in [0.5, 0.6) is 5.75 Å². The first-order chi connectivity index (χ1) is 11.2. The molecule has 0 radical (unpaired) electrons. The van der Waals surface area contributed by atoms with E-state index < -0.39 is 0 Å². The van der Waals surface area contributed by atoms with E-state index in [1.165, 1.54) is 23.1 Å². The minimum absolute atomic E-state index is 0.0575. The van der Waals surface area contributed by atoms with Gasteiger partial charge >= 0.3 is 0 Å². The summed E-state index contributed by atoms with van der Waals surface area (Å²) in [4.78, 5) is 18.6. The third kappa shape index (κ3) is 4.34. The smallest absolute Gasteiger partial charge is 0.236 e. The van der Waals surface area contributed by atoms with Crippen molar-refractivity contribution in [3.63, 3.8) is 0 Å². The van der Waals surface area contributed by atoms with Gasteiger partial charge in [-0.3, -0.25) is 4.79 Å². The lowest BCUT2D eigenvalue weighted by Gasteiger charge is -2.03. The number of thioether (sulfide) groups is 1. The summed E-state index contributed by atoms with van der Waals surface area (Å²) in [5.74, 6) is 1.10. The van der Waals surface area contributed by atoms with E-state index in [4.69, 9.17) is 4.74 Å².